The van der Waals surface area contributed by atoms with E-state index in [0.717, 1.165) is 0 Å². The second kappa shape index (κ2) is 10.1. The van der Waals surface area contributed by atoms with Crippen LogP contribution in [0.25, 0.3) is 0 Å². The molecule has 0 aromatic heterocycles. The van der Waals surface area contributed by atoms with Crippen molar-refractivity contribution in [2.24, 2.45) is 28.6 Å². The Kier molecular flexibility index (Phi) is 7.54. The maximum Gasteiger partial charge on any atom is 0.308 e. The fraction of sp³-hybridized carbons (Fsp3) is 0.600. The monoisotopic (exact) mass is 574 g/mol. The van der Waals surface area contributed by atoms with Crippen molar-refractivity contribution in [2.75, 3.05) is 6.61 Å². The molecule has 4 aliphatic carbocycles. The summed E-state index contributed by atoms with van der Waals surface area (Å²) in [6.45, 7) is 9.09. The Labute approximate surface area is 238 Å². The van der Waals surface area contributed by atoms with Crippen LogP contribution in [0.1, 0.15) is 67.2 Å². The molecule has 0 N–H and O–H groups in total. The fourth-order valence-corrected chi connectivity index (χ4v) is 7.98. The van der Waals surface area contributed by atoms with Crippen LogP contribution in [0.4, 0.5) is 0 Å². The number of carbonyl (C=O) groups excluding carboxylic acids is 6. The number of allylic oxidation sites excluding steroid dienone is 5. The summed E-state index contributed by atoms with van der Waals surface area (Å²) in [5, 5.41) is 0. The first-order valence-electron chi connectivity index (χ1n) is 13.6. The Balaban J connectivity index is 1.92. The van der Waals surface area contributed by atoms with E-state index >= 15 is 0 Å². The van der Waals surface area contributed by atoms with Crippen molar-refractivity contribution in [3.63, 3.8) is 0 Å². The number of hydrogen-bond donors (Lipinski definition) is 0. The molecule has 0 unspecified atom stereocenters. The Bertz CT molecular complexity index is 1290. The molecule has 0 heterocycles. The lowest BCUT2D eigenvalue weighted by molar-refractivity contribution is -0.195. The van der Waals surface area contributed by atoms with Crippen LogP contribution < -0.4 is 0 Å². The third kappa shape index (κ3) is 4.03. The molecule has 2 fully saturated rings. The van der Waals surface area contributed by atoms with Gasteiger partial charge in [-0.15, -0.1) is 11.6 Å². The molecule has 0 radical (unpaired) electrons. The molecule has 40 heavy (non-hydrogen) atoms. The summed E-state index contributed by atoms with van der Waals surface area (Å²) in [6.07, 6.45) is 6.07. The quantitative estimate of drug-likeness (QED) is 0.252. The van der Waals surface area contributed by atoms with Crippen LogP contribution in [0, 0.1) is 28.6 Å². The predicted octanol–water partition coefficient (Wildman–Crippen LogP) is 3.96. The topological polar surface area (TPSA) is 130 Å². The van der Waals surface area contributed by atoms with Crippen LogP contribution in [0.3, 0.4) is 0 Å². The lowest BCUT2D eigenvalue weighted by Crippen LogP contribution is -2.68. The average molecular weight is 575 g/mol. The summed E-state index contributed by atoms with van der Waals surface area (Å²) in [4.78, 5) is 75.8. The van der Waals surface area contributed by atoms with Gasteiger partial charge in [0.1, 0.15) is 10.6 Å². The molecule has 0 amide bonds. The summed E-state index contributed by atoms with van der Waals surface area (Å²) < 4.78 is 16.7. The molecule has 0 aromatic rings. The molecule has 0 aromatic carbocycles. The van der Waals surface area contributed by atoms with Gasteiger partial charge in [0.05, 0.1) is 0 Å². The molecule has 4 rings (SSSR count). The highest BCUT2D eigenvalue weighted by Crippen LogP contribution is 2.70. The Morgan fingerprint density at radius 1 is 1.07 bits per heavy atom. The molecule has 0 aliphatic heterocycles. The van der Waals surface area contributed by atoms with E-state index in [1.165, 1.54) is 19.1 Å². The largest absolute Gasteiger partial charge is 0.457 e. The van der Waals surface area contributed by atoms with Gasteiger partial charge in [0, 0.05) is 54.4 Å². The SMILES string of the molecule is CCC(=O)OCC(=O)[C@]1(OC(=O)CC)[C@@H](C)C[C@H]2[C@@H]3C=C(OC(C)=O)C4=CC(=O)C=C[C@]4(C)[C@@]3(Cl)C(=O)C[C@@]21C. The van der Waals surface area contributed by atoms with E-state index in [1.54, 1.807) is 46.8 Å². The standard InChI is InChI=1S/C30H35ClO9/c1-7-25(36)38-15-24(35)30(40-26(37)8-2)16(3)11-19-20-13-22(39-17(4)32)21-12-18(33)9-10-27(21,5)29(20,31)23(34)14-28(19,30)6/h9-10,12-13,16,19-20H,7-8,11,14-15H2,1-6H3/t16-,19-,20-,27-,28-,29-,30+/m0/s1. The normalized spacial score (nSPS) is 37.8. The number of carbonyl (C=O) groups is 6. The average Bonchev–Trinajstić information content (AvgIpc) is 3.11. The van der Waals surface area contributed by atoms with Crippen molar-refractivity contribution < 1.29 is 43.0 Å². The van der Waals surface area contributed by atoms with Crippen LogP contribution >= 0.6 is 11.6 Å². The van der Waals surface area contributed by atoms with Crippen LogP contribution in [0.15, 0.2) is 35.6 Å². The van der Waals surface area contributed by atoms with Gasteiger partial charge in [0.25, 0.3) is 0 Å². The summed E-state index contributed by atoms with van der Waals surface area (Å²) in [5.74, 6) is -4.80. The Hall–Kier alpha value is -3.07. The number of ketones is 3. The lowest BCUT2D eigenvalue weighted by atomic mass is 9.47. The first kappa shape index (κ1) is 29.9. The van der Waals surface area contributed by atoms with Crippen molar-refractivity contribution in [3.8, 4) is 0 Å². The van der Waals surface area contributed by atoms with E-state index in [2.05, 4.69) is 0 Å². The minimum absolute atomic E-state index is 0.00435. The zero-order valence-electron chi connectivity index (χ0n) is 23.6. The minimum Gasteiger partial charge on any atom is -0.457 e. The summed E-state index contributed by atoms with van der Waals surface area (Å²) in [5.41, 5.74) is -3.87. The number of hydrogen-bond acceptors (Lipinski definition) is 9. The van der Waals surface area contributed by atoms with Gasteiger partial charge < -0.3 is 14.2 Å². The molecule has 0 bridgehead atoms. The maximum atomic E-state index is 14.3. The molecule has 9 nitrogen and oxygen atoms in total. The number of ether oxygens (including phenoxy) is 3. The number of esters is 3. The first-order valence-corrected chi connectivity index (χ1v) is 14.0. The van der Waals surface area contributed by atoms with Crippen molar-refractivity contribution >= 4 is 46.9 Å². The number of fused-ring (bicyclic) bond motifs is 5. The second-order valence-electron chi connectivity index (χ2n) is 11.6. The molecular formula is C30H35ClO9. The molecule has 7 atom stereocenters. The molecule has 0 spiro atoms. The van der Waals surface area contributed by atoms with Crippen molar-refractivity contribution in [2.45, 2.75) is 77.7 Å². The summed E-state index contributed by atoms with van der Waals surface area (Å²) in [6, 6.07) is 0. The van der Waals surface area contributed by atoms with E-state index < -0.39 is 75.1 Å². The zero-order chi connectivity index (χ0) is 29.8. The highest BCUT2D eigenvalue weighted by Gasteiger charge is 2.76. The van der Waals surface area contributed by atoms with Gasteiger partial charge in [-0.3, -0.25) is 28.8 Å². The van der Waals surface area contributed by atoms with E-state index in [-0.39, 0.29) is 30.8 Å². The summed E-state index contributed by atoms with van der Waals surface area (Å²) >= 11 is 7.40. The highest BCUT2D eigenvalue weighted by atomic mass is 35.5. The number of rotatable bonds is 7. The van der Waals surface area contributed by atoms with Crippen LogP contribution in [0.2, 0.25) is 0 Å². The Morgan fingerprint density at radius 3 is 2.33 bits per heavy atom. The molecule has 0 saturated heterocycles. The van der Waals surface area contributed by atoms with Gasteiger partial charge in [0.2, 0.25) is 5.78 Å². The lowest BCUT2D eigenvalue weighted by Gasteiger charge is -2.59. The van der Waals surface area contributed by atoms with Gasteiger partial charge in [0.15, 0.2) is 23.8 Å². The van der Waals surface area contributed by atoms with Crippen LogP contribution in [-0.2, 0) is 43.0 Å². The number of halogens is 1. The summed E-state index contributed by atoms with van der Waals surface area (Å²) in [7, 11) is 0. The Morgan fingerprint density at radius 2 is 1.73 bits per heavy atom. The highest BCUT2D eigenvalue weighted by molar-refractivity contribution is 6.37. The van der Waals surface area contributed by atoms with Gasteiger partial charge in [-0.1, -0.05) is 33.8 Å². The minimum atomic E-state index is -1.77. The first-order chi connectivity index (χ1) is 18.6. The molecular weight excluding hydrogens is 540 g/mol. The van der Waals surface area contributed by atoms with Gasteiger partial charge in [-0.2, -0.15) is 0 Å². The number of Topliss-reactive ketones (excluding diaryl/α,β-unsaturated/α-hetero) is 2. The van der Waals surface area contributed by atoms with E-state index in [0.29, 0.717) is 12.0 Å². The van der Waals surface area contributed by atoms with Gasteiger partial charge in [-0.25, -0.2) is 0 Å². The fourth-order valence-electron chi connectivity index (χ4n) is 7.54. The predicted molar refractivity (Wildman–Crippen MR) is 143 cm³/mol. The van der Waals surface area contributed by atoms with E-state index in [4.69, 9.17) is 25.8 Å². The van der Waals surface area contributed by atoms with Crippen molar-refractivity contribution in [3.05, 3.63) is 35.6 Å². The third-order valence-corrected chi connectivity index (χ3v) is 10.3. The van der Waals surface area contributed by atoms with Crippen molar-refractivity contribution in [1.82, 2.24) is 0 Å². The van der Waals surface area contributed by atoms with Gasteiger partial charge >= 0.3 is 17.9 Å². The molecule has 4 aliphatic rings. The third-order valence-electron chi connectivity index (χ3n) is 9.46. The zero-order valence-corrected chi connectivity index (χ0v) is 24.4. The van der Waals surface area contributed by atoms with Gasteiger partial charge in [-0.05, 0) is 37.5 Å². The molecule has 2 saturated carbocycles. The molecule has 216 valence electrons. The second-order valence-corrected chi connectivity index (χ2v) is 12.2. The van der Waals surface area contributed by atoms with Crippen molar-refractivity contribution in [1.29, 1.82) is 0 Å². The molecule has 10 heteroatoms. The smallest absolute Gasteiger partial charge is 0.308 e. The number of alkyl halides is 1. The van der Waals surface area contributed by atoms with Crippen LogP contribution in [0.5, 0.6) is 0 Å². The van der Waals surface area contributed by atoms with E-state index in [9.17, 15) is 28.8 Å². The maximum absolute atomic E-state index is 14.3. The van der Waals surface area contributed by atoms with E-state index in [1.807, 2.05) is 0 Å². The van der Waals surface area contributed by atoms with Crippen LogP contribution in [-0.4, -0.2) is 52.3 Å².